The van der Waals surface area contributed by atoms with Crippen LogP contribution in [-0.4, -0.2) is 30.3 Å². The van der Waals surface area contributed by atoms with Crippen LogP contribution in [0.4, 0.5) is 0 Å². The highest BCUT2D eigenvalue weighted by Gasteiger charge is 2.46. The van der Waals surface area contributed by atoms with Gasteiger partial charge in [-0.05, 0) is 19.8 Å². The highest BCUT2D eigenvalue weighted by atomic mass is 16.5. The largest absolute Gasteiger partial charge is 0.469 e. The average Bonchev–Trinajstić information content (AvgIpc) is 2.13. The summed E-state index contributed by atoms with van der Waals surface area (Å²) in [5, 5.41) is 9.77. The standard InChI is InChI=1S/C9H17NO3/c1-9(8(12)13-2)5-3-4-6(10)7(9)11/h6-7,11H,3-5,10H2,1-2H3/t6?,7-,9+/m1/s1. The predicted octanol–water partition coefficient (Wildman–Crippen LogP) is 0.0378. The molecule has 0 radical (unpaired) electrons. The van der Waals surface area contributed by atoms with Crippen LogP contribution < -0.4 is 5.73 Å². The molecule has 0 saturated heterocycles. The Bertz CT molecular complexity index is 207. The van der Waals surface area contributed by atoms with Crippen LogP contribution in [0.2, 0.25) is 0 Å². The summed E-state index contributed by atoms with van der Waals surface area (Å²) in [5.74, 6) is -0.366. The van der Waals surface area contributed by atoms with E-state index in [4.69, 9.17) is 5.73 Å². The molecule has 3 N–H and O–H groups in total. The number of carbonyl (C=O) groups excluding carboxylic acids is 1. The van der Waals surface area contributed by atoms with Crippen molar-refractivity contribution in [2.75, 3.05) is 7.11 Å². The Kier molecular flexibility index (Phi) is 2.93. The first-order valence-corrected chi connectivity index (χ1v) is 4.54. The van der Waals surface area contributed by atoms with Gasteiger partial charge in [0.25, 0.3) is 0 Å². The van der Waals surface area contributed by atoms with E-state index < -0.39 is 11.5 Å². The highest BCUT2D eigenvalue weighted by Crippen LogP contribution is 2.36. The summed E-state index contributed by atoms with van der Waals surface area (Å²) < 4.78 is 4.66. The van der Waals surface area contributed by atoms with Gasteiger partial charge in [-0.1, -0.05) is 6.42 Å². The molecule has 1 fully saturated rings. The van der Waals surface area contributed by atoms with Gasteiger partial charge in [-0.25, -0.2) is 0 Å². The maximum absolute atomic E-state index is 11.4. The van der Waals surface area contributed by atoms with E-state index in [2.05, 4.69) is 4.74 Å². The molecule has 0 aromatic rings. The van der Waals surface area contributed by atoms with E-state index in [0.29, 0.717) is 6.42 Å². The molecule has 0 aromatic carbocycles. The van der Waals surface area contributed by atoms with Crippen LogP contribution in [0.3, 0.4) is 0 Å². The van der Waals surface area contributed by atoms with Gasteiger partial charge in [0.15, 0.2) is 0 Å². The molecule has 0 spiro atoms. The van der Waals surface area contributed by atoms with Crippen molar-refractivity contribution in [1.82, 2.24) is 0 Å². The van der Waals surface area contributed by atoms with Crippen molar-refractivity contribution in [1.29, 1.82) is 0 Å². The van der Waals surface area contributed by atoms with Crippen molar-refractivity contribution in [3.8, 4) is 0 Å². The predicted molar refractivity (Wildman–Crippen MR) is 48.0 cm³/mol. The van der Waals surface area contributed by atoms with Gasteiger partial charge in [-0.2, -0.15) is 0 Å². The van der Waals surface area contributed by atoms with Crippen LogP contribution in [0.15, 0.2) is 0 Å². The van der Waals surface area contributed by atoms with Crippen molar-refractivity contribution >= 4 is 5.97 Å². The number of aliphatic hydroxyl groups is 1. The summed E-state index contributed by atoms with van der Waals surface area (Å²) in [7, 11) is 1.33. The Morgan fingerprint density at radius 3 is 2.85 bits per heavy atom. The number of nitrogens with two attached hydrogens (primary N) is 1. The Labute approximate surface area is 78.1 Å². The van der Waals surface area contributed by atoms with Crippen molar-refractivity contribution in [2.45, 2.75) is 38.3 Å². The fourth-order valence-electron chi connectivity index (χ4n) is 1.94. The van der Waals surface area contributed by atoms with Crippen molar-refractivity contribution < 1.29 is 14.6 Å². The van der Waals surface area contributed by atoms with Gasteiger partial charge in [0.05, 0.1) is 18.6 Å². The lowest BCUT2D eigenvalue weighted by Crippen LogP contribution is -2.53. The average molecular weight is 187 g/mol. The first kappa shape index (κ1) is 10.5. The molecule has 3 atom stereocenters. The molecule has 1 aliphatic rings. The van der Waals surface area contributed by atoms with E-state index in [9.17, 15) is 9.90 Å². The summed E-state index contributed by atoms with van der Waals surface area (Å²) in [6.45, 7) is 1.71. The SMILES string of the molecule is COC(=O)[C@@]1(C)CCCC(N)[C@H]1O. The molecule has 0 heterocycles. The lowest BCUT2D eigenvalue weighted by atomic mass is 9.71. The van der Waals surface area contributed by atoms with Crippen molar-refractivity contribution in [2.24, 2.45) is 11.1 Å². The van der Waals surface area contributed by atoms with Gasteiger partial charge >= 0.3 is 5.97 Å². The molecule has 4 heteroatoms. The third-order valence-electron chi connectivity index (χ3n) is 2.94. The minimum absolute atomic E-state index is 0.308. The molecule has 1 unspecified atom stereocenters. The summed E-state index contributed by atoms with van der Waals surface area (Å²) in [4.78, 5) is 11.4. The van der Waals surface area contributed by atoms with Gasteiger partial charge < -0.3 is 15.6 Å². The first-order chi connectivity index (χ1) is 6.02. The highest BCUT2D eigenvalue weighted by molar-refractivity contribution is 5.77. The monoisotopic (exact) mass is 187 g/mol. The van der Waals surface area contributed by atoms with Crippen molar-refractivity contribution in [3.05, 3.63) is 0 Å². The third kappa shape index (κ3) is 1.69. The van der Waals surface area contributed by atoms with Crippen LogP contribution >= 0.6 is 0 Å². The number of aliphatic hydroxyl groups excluding tert-OH is 1. The fraction of sp³-hybridized carbons (Fsp3) is 0.889. The normalized spacial score (nSPS) is 40.0. The number of hydrogen-bond donors (Lipinski definition) is 2. The Hall–Kier alpha value is -0.610. The van der Waals surface area contributed by atoms with Crippen molar-refractivity contribution in [3.63, 3.8) is 0 Å². The van der Waals surface area contributed by atoms with E-state index in [1.54, 1.807) is 6.92 Å². The number of hydrogen-bond acceptors (Lipinski definition) is 4. The number of methoxy groups -OCH3 is 1. The molecule has 0 amide bonds. The molecular weight excluding hydrogens is 170 g/mol. The number of ether oxygens (including phenoxy) is 1. The molecule has 0 aromatic heterocycles. The Morgan fingerprint density at radius 1 is 1.69 bits per heavy atom. The maximum Gasteiger partial charge on any atom is 0.314 e. The summed E-state index contributed by atoms with van der Waals surface area (Å²) >= 11 is 0. The van der Waals surface area contributed by atoms with Crippen LogP contribution in [-0.2, 0) is 9.53 Å². The first-order valence-electron chi connectivity index (χ1n) is 4.54. The topological polar surface area (TPSA) is 72.5 Å². The molecule has 1 rings (SSSR count). The van der Waals surface area contributed by atoms with E-state index in [1.165, 1.54) is 7.11 Å². The summed E-state index contributed by atoms with van der Waals surface area (Å²) in [5.41, 5.74) is 4.88. The second-order valence-electron chi connectivity index (χ2n) is 3.91. The van der Waals surface area contributed by atoms with Crippen LogP contribution in [0.25, 0.3) is 0 Å². The summed E-state index contributed by atoms with van der Waals surface area (Å²) in [6.07, 6.45) is 1.50. The van der Waals surface area contributed by atoms with E-state index in [0.717, 1.165) is 12.8 Å². The van der Waals surface area contributed by atoms with Gasteiger partial charge in [0, 0.05) is 6.04 Å². The lowest BCUT2D eigenvalue weighted by molar-refractivity contribution is -0.163. The zero-order valence-electron chi connectivity index (χ0n) is 8.12. The molecule has 1 saturated carbocycles. The summed E-state index contributed by atoms with van der Waals surface area (Å²) in [6, 6.07) is -0.308. The van der Waals surface area contributed by atoms with E-state index in [-0.39, 0.29) is 12.0 Å². The minimum Gasteiger partial charge on any atom is -0.469 e. The zero-order chi connectivity index (χ0) is 10.1. The van der Waals surface area contributed by atoms with Crippen LogP contribution in [0, 0.1) is 5.41 Å². The molecular formula is C9H17NO3. The Morgan fingerprint density at radius 2 is 2.31 bits per heavy atom. The van der Waals surface area contributed by atoms with Gasteiger partial charge in [-0.15, -0.1) is 0 Å². The molecule has 0 bridgehead atoms. The van der Waals surface area contributed by atoms with Crippen LogP contribution in [0.5, 0.6) is 0 Å². The van der Waals surface area contributed by atoms with Gasteiger partial charge in [-0.3, -0.25) is 4.79 Å². The van der Waals surface area contributed by atoms with E-state index in [1.807, 2.05) is 0 Å². The molecule has 1 aliphatic carbocycles. The number of carbonyl (C=O) groups is 1. The fourth-order valence-corrected chi connectivity index (χ4v) is 1.94. The Balaban J connectivity index is 2.80. The van der Waals surface area contributed by atoms with Gasteiger partial charge in [0.1, 0.15) is 0 Å². The lowest BCUT2D eigenvalue weighted by Gasteiger charge is -2.39. The van der Waals surface area contributed by atoms with Crippen LogP contribution in [0.1, 0.15) is 26.2 Å². The third-order valence-corrected chi connectivity index (χ3v) is 2.94. The molecule has 4 nitrogen and oxygen atoms in total. The zero-order valence-corrected chi connectivity index (χ0v) is 8.12. The van der Waals surface area contributed by atoms with E-state index >= 15 is 0 Å². The second-order valence-corrected chi connectivity index (χ2v) is 3.91. The minimum atomic E-state index is -0.813. The smallest absolute Gasteiger partial charge is 0.314 e. The number of rotatable bonds is 1. The maximum atomic E-state index is 11.4. The molecule has 76 valence electrons. The molecule has 0 aliphatic heterocycles. The van der Waals surface area contributed by atoms with Gasteiger partial charge in [0.2, 0.25) is 0 Å². The number of esters is 1. The second kappa shape index (κ2) is 3.64. The molecule has 13 heavy (non-hydrogen) atoms. The quantitative estimate of drug-likeness (QED) is 0.568.